The largest absolute Gasteiger partial charge is 0.391 e. The van der Waals surface area contributed by atoms with E-state index in [1.165, 1.54) is 0 Å². The molecular weight excluding hydrogens is 345 g/mol. The summed E-state index contributed by atoms with van der Waals surface area (Å²) >= 11 is 0. The monoisotopic (exact) mass is 366 g/mol. The number of nitrogens with zero attached hydrogens (tertiary/aromatic N) is 3. The van der Waals surface area contributed by atoms with Gasteiger partial charge in [-0.15, -0.1) is 12.4 Å². The smallest absolute Gasteiger partial charge is 0.341 e. The molecule has 1 aromatic heterocycles. The van der Waals surface area contributed by atoms with Crippen molar-refractivity contribution in [3.8, 4) is 0 Å². The molecule has 0 aromatic carbocycles. The average Bonchev–Trinajstić information content (AvgIpc) is 3.09. The molecule has 9 heteroatoms. The average molecular weight is 367 g/mol. The van der Waals surface area contributed by atoms with Crippen molar-refractivity contribution in [3.63, 3.8) is 0 Å². The van der Waals surface area contributed by atoms with Crippen LogP contribution < -0.4 is 5.32 Å². The molecule has 136 valence electrons. The van der Waals surface area contributed by atoms with Crippen molar-refractivity contribution in [3.05, 3.63) is 18.5 Å². The Hall–Kier alpha value is -1.28. The first-order valence-electron chi connectivity index (χ1n) is 8.00. The van der Waals surface area contributed by atoms with Crippen LogP contribution in [0.4, 0.5) is 13.2 Å². The van der Waals surface area contributed by atoms with Crippen LogP contribution in [0.1, 0.15) is 25.7 Å². The van der Waals surface area contributed by atoms with Gasteiger partial charge >= 0.3 is 6.18 Å². The Morgan fingerprint density at radius 1 is 1.21 bits per heavy atom. The Morgan fingerprint density at radius 2 is 1.83 bits per heavy atom. The molecule has 1 amide bonds. The molecule has 0 radical (unpaired) electrons. The van der Waals surface area contributed by atoms with Gasteiger partial charge in [0.05, 0.1) is 5.92 Å². The van der Waals surface area contributed by atoms with Gasteiger partial charge in [0.2, 0.25) is 0 Å². The standard InChI is InChI=1S/C15H21F3N4O.ClH/c16-15(17,18)12-2-10-21(11-3-12)13(23)14(4-7-19-8-5-14)22-9-1-6-20-22;/h1,6,9,12,19H,2-5,7-8,10-11H2;1H. The predicted molar refractivity (Wildman–Crippen MR) is 84.9 cm³/mol. The molecule has 0 bridgehead atoms. The summed E-state index contributed by atoms with van der Waals surface area (Å²) in [5.41, 5.74) is -0.764. The molecule has 2 saturated heterocycles. The number of rotatable bonds is 2. The Morgan fingerprint density at radius 3 is 2.33 bits per heavy atom. The van der Waals surface area contributed by atoms with Gasteiger partial charge in [0, 0.05) is 25.5 Å². The predicted octanol–water partition coefficient (Wildman–Crippen LogP) is 2.18. The van der Waals surface area contributed by atoms with Crippen molar-refractivity contribution in [2.75, 3.05) is 26.2 Å². The first-order valence-corrected chi connectivity index (χ1v) is 8.00. The second-order valence-electron chi connectivity index (χ2n) is 6.34. The maximum absolute atomic E-state index is 13.1. The fourth-order valence-corrected chi connectivity index (χ4v) is 3.61. The van der Waals surface area contributed by atoms with Crippen molar-refractivity contribution in [1.82, 2.24) is 20.0 Å². The number of hydrogen-bond donors (Lipinski definition) is 1. The molecule has 0 spiro atoms. The topological polar surface area (TPSA) is 50.2 Å². The molecule has 1 aromatic rings. The van der Waals surface area contributed by atoms with Gasteiger partial charge in [-0.1, -0.05) is 0 Å². The minimum Gasteiger partial charge on any atom is -0.341 e. The summed E-state index contributed by atoms with van der Waals surface area (Å²) < 4.78 is 40.1. The van der Waals surface area contributed by atoms with Gasteiger partial charge in [0.1, 0.15) is 5.54 Å². The fraction of sp³-hybridized carbons (Fsp3) is 0.733. The van der Waals surface area contributed by atoms with Gasteiger partial charge in [-0.05, 0) is 44.8 Å². The van der Waals surface area contributed by atoms with Crippen LogP contribution in [0.3, 0.4) is 0 Å². The molecule has 0 atom stereocenters. The van der Waals surface area contributed by atoms with E-state index in [1.807, 2.05) is 0 Å². The highest BCUT2D eigenvalue weighted by Gasteiger charge is 2.47. The summed E-state index contributed by atoms with van der Waals surface area (Å²) in [7, 11) is 0. The Balaban J connectivity index is 0.00000208. The summed E-state index contributed by atoms with van der Waals surface area (Å²) in [4.78, 5) is 14.7. The minimum atomic E-state index is -4.16. The third-order valence-corrected chi connectivity index (χ3v) is 5.02. The summed E-state index contributed by atoms with van der Waals surface area (Å²) in [5.74, 6) is -1.39. The van der Waals surface area contributed by atoms with E-state index in [1.54, 1.807) is 28.0 Å². The Kier molecular flexibility index (Phi) is 5.80. The van der Waals surface area contributed by atoms with Gasteiger partial charge in [-0.25, -0.2) is 0 Å². The number of likely N-dealkylation sites (tertiary alicyclic amines) is 1. The second-order valence-corrected chi connectivity index (χ2v) is 6.34. The number of carbonyl (C=O) groups excluding carboxylic acids is 1. The van der Waals surface area contributed by atoms with Crippen molar-refractivity contribution in [1.29, 1.82) is 0 Å². The number of carbonyl (C=O) groups is 1. The van der Waals surface area contributed by atoms with Gasteiger partial charge < -0.3 is 10.2 Å². The zero-order valence-electron chi connectivity index (χ0n) is 13.3. The second kappa shape index (κ2) is 7.31. The molecule has 1 N–H and O–H groups in total. The highest BCUT2D eigenvalue weighted by atomic mass is 35.5. The van der Waals surface area contributed by atoms with Gasteiger partial charge in [-0.3, -0.25) is 9.48 Å². The molecule has 24 heavy (non-hydrogen) atoms. The van der Waals surface area contributed by atoms with Gasteiger partial charge in [0.25, 0.3) is 5.91 Å². The number of amides is 1. The number of piperidine rings is 2. The molecule has 0 aliphatic carbocycles. The third kappa shape index (κ3) is 3.54. The lowest BCUT2D eigenvalue weighted by Crippen LogP contribution is -2.57. The highest BCUT2D eigenvalue weighted by molar-refractivity contribution is 5.85. The van der Waals surface area contributed by atoms with E-state index in [4.69, 9.17) is 0 Å². The minimum absolute atomic E-state index is 0. The van der Waals surface area contributed by atoms with Crippen molar-refractivity contribution in [2.24, 2.45) is 5.92 Å². The summed E-state index contributed by atoms with van der Waals surface area (Å²) in [5, 5.41) is 7.47. The van der Waals surface area contributed by atoms with E-state index in [0.717, 1.165) is 0 Å². The maximum Gasteiger partial charge on any atom is 0.391 e. The lowest BCUT2D eigenvalue weighted by molar-refractivity contribution is -0.187. The van der Waals surface area contributed by atoms with Gasteiger partial charge in [0.15, 0.2) is 0 Å². The molecular formula is C15H22ClF3N4O. The van der Waals surface area contributed by atoms with Gasteiger partial charge in [-0.2, -0.15) is 18.3 Å². The number of aromatic nitrogens is 2. The van der Waals surface area contributed by atoms with Crippen LogP contribution >= 0.6 is 12.4 Å². The lowest BCUT2D eigenvalue weighted by Gasteiger charge is -2.42. The van der Waals surface area contributed by atoms with Crippen molar-refractivity contribution >= 4 is 18.3 Å². The fourth-order valence-electron chi connectivity index (χ4n) is 3.61. The summed E-state index contributed by atoms with van der Waals surface area (Å²) in [6, 6.07) is 1.77. The van der Waals surface area contributed by atoms with Crippen LogP contribution in [-0.2, 0) is 10.3 Å². The van der Waals surface area contributed by atoms with Crippen molar-refractivity contribution in [2.45, 2.75) is 37.4 Å². The summed E-state index contributed by atoms with van der Waals surface area (Å²) in [6.45, 7) is 1.73. The SMILES string of the molecule is Cl.O=C(N1CCC(C(F)(F)F)CC1)C1(n2cccn2)CCNCC1. The first kappa shape index (κ1) is 19.1. The number of halogens is 4. The Bertz CT molecular complexity index is 535. The molecule has 3 rings (SSSR count). The number of nitrogens with one attached hydrogen (secondary N) is 1. The quantitative estimate of drug-likeness (QED) is 0.873. The van der Waals surface area contributed by atoms with Crippen LogP contribution in [0, 0.1) is 5.92 Å². The molecule has 0 unspecified atom stereocenters. The zero-order chi connectivity index (χ0) is 16.5. The molecule has 2 fully saturated rings. The van der Waals surface area contributed by atoms with Crippen LogP contribution in [0.25, 0.3) is 0 Å². The molecule has 2 aliphatic rings. The lowest BCUT2D eigenvalue weighted by atomic mass is 9.85. The maximum atomic E-state index is 13.1. The van der Waals surface area contributed by atoms with Crippen LogP contribution in [0.5, 0.6) is 0 Å². The van der Waals surface area contributed by atoms with Crippen LogP contribution in [0.2, 0.25) is 0 Å². The summed E-state index contributed by atoms with van der Waals surface area (Å²) in [6.07, 6.45) is 0.424. The van der Waals surface area contributed by atoms with E-state index in [2.05, 4.69) is 10.4 Å². The van der Waals surface area contributed by atoms with E-state index >= 15 is 0 Å². The van der Waals surface area contributed by atoms with E-state index in [0.29, 0.717) is 25.9 Å². The molecule has 3 heterocycles. The highest BCUT2D eigenvalue weighted by Crippen LogP contribution is 2.36. The molecule has 2 aliphatic heterocycles. The zero-order valence-corrected chi connectivity index (χ0v) is 14.1. The molecule has 5 nitrogen and oxygen atoms in total. The van der Waals surface area contributed by atoms with E-state index < -0.39 is 17.6 Å². The van der Waals surface area contributed by atoms with Crippen LogP contribution in [0.15, 0.2) is 18.5 Å². The van der Waals surface area contributed by atoms with E-state index in [9.17, 15) is 18.0 Å². The van der Waals surface area contributed by atoms with Crippen molar-refractivity contribution < 1.29 is 18.0 Å². The number of alkyl halides is 3. The van der Waals surface area contributed by atoms with E-state index in [-0.39, 0.29) is 44.2 Å². The molecule has 0 saturated carbocycles. The van der Waals surface area contributed by atoms with Crippen LogP contribution in [-0.4, -0.2) is 52.9 Å². The number of hydrogen-bond acceptors (Lipinski definition) is 3. The Labute approximate surface area is 145 Å². The first-order chi connectivity index (χ1) is 10.9. The third-order valence-electron chi connectivity index (χ3n) is 5.02. The normalized spacial score (nSPS) is 22.0.